The predicted molar refractivity (Wildman–Crippen MR) is 75.5 cm³/mol. The molecule has 1 N–H and O–H groups in total. The van der Waals surface area contributed by atoms with Crippen LogP contribution in [0.25, 0.3) is 0 Å². The van der Waals surface area contributed by atoms with Crippen LogP contribution in [0.15, 0.2) is 18.2 Å². The summed E-state index contributed by atoms with van der Waals surface area (Å²) < 4.78 is 0. The molecule has 0 bridgehead atoms. The fraction of sp³-hybridized carbons (Fsp3) is 0.385. The fourth-order valence-corrected chi connectivity index (χ4v) is 2.39. The molecule has 19 heavy (non-hydrogen) atoms. The van der Waals surface area contributed by atoms with Crippen LogP contribution in [0.3, 0.4) is 0 Å². The number of amides is 2. The molecule has 2 rings (SSSR count). The summed E-state index contributed by atoms with van der Waals surface area (Å²) in [4.78, 5) is 25.1. The number of carbonyl (C=O) groups excluding carboxylic acids is 2. The lowest BCUT2D eigenvalue weighted by molar-refractivity contribution is -0.140. The molecule has 1 fully saturated rings. The molecule has 1 unspecified atom stereocenters. The predicted octanol–water partition coefficient (Wildman–Crippen LogP) is 2.94. The van der Waals surface area contributed by atoms with Gasteiger partial charge in [-0.05, 0) is 32.0 Å². The highest BCUT2D eigenvalue weighted by Gasteiger charge is 2.39. The van der Waals surface area contributed by atoms with Gasteiger partial charge in [0.1, 0.15) is 6.04 Å². The Bertz CT molecular complexity index is 531. The maximum atomic E-state index is 12.1. The maximum Gasteiger partial charge on any atom is 0.252 e. The first kappa shape index (κ1) is 14.2. The topological polar surface area (TPSA) is 49.4 Å². The van der Waals surface area contributed by atoms with E-state index >= 15 is 0 Å². The first-order chi connectivity index (χ1) is 8.90. The quantitative estimate of drug-likeness (QED) is 0.873. The number of nitrogens with one attached hydrogen (secondary N) is 1. The molecule has 0 saturated carbocycles. The Morgan fingerprint density at radius 3 is 2.47 bits per heavy atom. The second-order valence-corrected chi connectivity index (χ2v) is 5.54. The minimum absolute atomic E-state index is 0.124. The van der Waals surface area contributed by atoms with Crippen LogP contribution < -0.4 is 5.32 Å². The Morgan fingerprint density at radius 1 is 1.26 bits per heavy atom. The molecule has 1 aliphatic rings. The first-order valence-corrected chi connectivity index (χ1v) is 6.73. The van der Waals surface area contributed by atoms with Gasteiger partial charge < -0.3 is 5.32 Å². The number of hydrogen-bond acceptors (Lipinski definition) is 3. The zero-order valence-corrected chi connectivity index (χ0v) is 12.1. The number of carbonyl (C=O) groups is 2. The Hall–Kier alpha value is -1.26. The average Bonchev–Trinajstić information content (AvgIpc) is 2.59. The lowest BCUT2D eigenvalue weighted by Gasteiger charge is -2.19. The molecule has 0 aliphatic carbocycles. The number of rotatable bonds is 3. The summed E-state index contributed by atoms with van der Waals surface area (Å²) in [6.07, 6.45) is 0.164. The van der Waals surface area contributed by atoms with Gasteiger partial charge in [-0.15, -0.1) is 0 Å². The number of imide groups is 1. The van der Waals surface area contributed by atoms with Gasteiger partial charge in [-0.25, -0.2) is 0 Å². The van der Waals surface area contributed by atoms with Crippen LogP contribution in [0.4, 0.5) is 5.69 Å². The van der Waals surface area contributed by atoms with Crippen LogP contribution >= 0.6 is 23.2 Å². The monoisotopic (exact) mass is 300 g/mol. The lowest BCUT2D eigenvalue weighted by atomic mass is 10.2. The van der Waals surface area contributed by atoms with Crippen molar-refractivity contribution in [3.05, 3.63) is 28.2 Å². The van der Waals surface area contributed by atoms with Gasteiger partial charge in [0, 0.05) is 11.7 Å². The zero-order valence-electron chi connectivity index (χ0n) is 10.6. The van der Waals surface area contributed by atoms with Crippen LogP contribution in [0.1, 0.15) is 20.3 Å². The summed E-state index contributed by atoms with van der Waals surface area (Å²) in [5.74, 6) is -0.358. The smallest absolute Gasteiger partial charge is 0.252 e. The molecule has 1 heterocycles. The van der Waals surface area contributed by atoms with Crippen molar-refractivity contribution in [3.63, 3.8) is 0 Å². The van der Waals surface area contributed by atoms with Gasteiger partial charge in [-0.2, -0.15) is 0 Å². The molecule has 1 aromatic carbocycles. The third kappa shape index (κ3) is 2.85. The molecule has 0 spiro atoms. The Labute approximate surface area is 121 Å². The molecule has 6 heteroatoms. The molecule has 2 amide bonds. The summed E-state index contributed by atoms with van der Waals surface area (Å²) in [7, 11) is 0. The van der Waals surface area contributed by atoms with Gasteiger partial charge in [0.05, 0.1) is 16.5 Å². The van der Waals surface area contributed by atoms with Gasteiger partial charge in [0.15, 0.2) is 0 Å². The molecule has 0 aromatic heterocycles. The van der Waals surface area contributed by atoms with Gasteiger partial charge in [-0.1, -0.05) is 23.2 Å². The number of benzene rings is 1. The van der Waals surface area contributed by atoms with Crippen molar-refractivity contribution in [1.29, 1.82) is 0 Å². The summed E-state index contributed by atoms with van der Waals surface area (Å²) in [6.45, 7) is 3.63. The Kier molecular flexibility index (Phi) is 4.02. The number of nitrogens with zero attached hydrogens (tertiary/aromatic N) is 1. The number of likely N-dealkylation sites (tertiary alicyclic amines) is 1. The van der Waals surface area contributed by atoms with Crippen molar-refractivity contribution in [2.45, 2.75) is 32.4 Å². The highest BCUT2D eigenvalue weighted by molar-refractivity contribution is 6.42. The summed E-state index contributed by atoms with van der Waals surface area (Å²) in [5, 5.41) is 3.87. The van der Waals surface area contributed by atoms with Crippen LogP contribution in [-0.2, 0) is 9.59 Å². The average molecular weight is 301 g/mol. The van der Waals surface area contributed by atoms with Crippen molar-refractivity contribution in [2.24, 2.45) is 0 Å². The third-order valence-corrected chi connectivity index (χ3v) is 3.70. The van der Waals surface area contributed by atoms with Crippen molar-refractivity contribution in [2.75, 3.05) is 5.32 Å². The Balaban J connectivity index is 2.14. The third-order valence-electron chi connectivity index (χ3n) is 2.96. The van der Waals surface area contributed by atoms with E-state index in [1.807, 2.05) is 13.8 Å². The van der Waals surface area contributed by atoms with Crippen molar-refractivity contribution < 1.29 is 9.59 Å². The summed E-state index contributed by atoms with van der Waals surface area (Å²) in [5.41, 5.74) is 0.672. The SMILES string of the molecule is CC(C)N1C(=O)CC(Nc2ccc(Cl)c(Cl)c2)C1=O. The van der Waals surface area contributed by atoms with Gasteiger partial charge in [-0.3, -0.25) is 14.5 Å². The van der Waals surface area contributed by atoms with Crippen LogP contribution in [0.5, 0.6) is 0 Å². The highest BCUT2D eigenvalue weighted by atomic mass is 35.5. The molecule has 4 nitrogen and oxygen atoms in total. The van der Waals surface area contributed by atoms with Gasteiger partial charge in [0.25, 0.3) is 5.91 Å². The summed E-state index contributed by atoms with van der Waals surface area (Å²) in [6, 6.07) is 4.35. The highest BCUT2D eigenvalue weighted by Crippen LogP contribution is 2.27. The van der Waals surface area contributed by atoms with E-state index in [-0.39, 0.29) is 24.3 Å². The van der Waals surface area contributed by atoms with Crippen molar-refractivity contribution in [1.82, 2.24) is 4.90 Å². The Morgan fingerprint density at radius 2 is 1.95 bits per heavy atom. The van der Waals surface area contributed by atoms with Crippen LogP contribution in [0.2, 0.25) is 10.0 Å². The molecule has 0 radical (unpaired) electrons. The number of hydrogen-bond donors (Lipinski definition) is 1. The van der Waals surface area contributed by atoms with E-state index in [1.165, 1.54) is 4.90 Å². The van der Waals surface area contributed by atoms with Gasteiger partial charge >= 0.3 is 0 Å². The van der Waals surface area contributed by atoms with E-state index in [9.17, 15) is 9.59 Å². The van der Waals surface area contributed by atoms with E-state index < -0.39 is 6.04 Å². The van der Waals surface area contributed by atoms with Crippen molar-refractivity contribution in [3.8, 4) is 0 Å². The second-order valence-electron chi connectivity index (χ2n) is 4.73. The van der Waals surface area contributed by atoms with Crippen molar-refractivity contribution >= 4 is 40.7 Å². The zero-order chi connectivity index (χ0) is 14.2. The van der Waals surface area contributed by atoms with E-state index in [0.29, 0.717) is 15.7 Å². The molecule has 102 valence electrons. The van der Waals surface area contributed by atoms with Crippen LogP contribution in [-0.4, -0.2) is 28.8 Å². The van der Waals surface area contributed by atoms with E-state index in [2.05, 4.69) is 5.32 Å². The normalized spacial score (nSPS) is 19.4. The van der Waals surface area contributed by atoms with Gasteiger partial charge in [0.2, 0.25) is 5.91 Å². The van der Waals surface area contributed by atoms with E-state index in [0.717, 1.165) is 0 Å². The number of anilines is 1. The lowest BCUT2D eigenvalue weighted by Crippen LogP contribution is -2.39. The van der Waals surface area contributed by atoms with Crippen LogP contribution in [0, 0.1) is 0 Å². The molecule has 1 atom stereocenters. The standard InChI is InChI=1S/C13H14Cl2N2O2/c1-7(2)17-12(18)6-11(13(17)19)16-8-3-4-9(14)10(15)5-8/h3-5,7,11,16H,6H2,1-2H3. The van der Waals surface area contributed by atoms with E-state index in [4.69, 9.17) is 23.2 Å². The summed E-state index contributed by atoms with van der Waals surface area (Å²) >= 11 is 11.7. The molecular weight excluding hydrogens is 287 g/mol. The first-order valence-electron chi connectivity index (χ1n) is 5.97. The fourth-order valence-electron chi connectivity index (χ4n) is 2.09. The molecule has 1 saturated heterocycles. The number of halogens is 2. The largest absolute Gasteiger partial charge is 0.373 e. The minimum Gasteiger partial charge on any atom is -0.373 e. The second kappa shape index (κ2) is 5.39. The maximum absolute atomic E-state index is 12.1. The molecule has 1 aliphatic heterocycles. The van der Waals surface area contributed by atoms with E-state index in [1.54, 1.807) is 18.2 Å². The minimum atomic E-state index is -0.535. The molecular formula is C13H14Cl2N2O2. The molecule has 1 aromatic rings.